The number of benzene rings is 1. The Morgan fingerprint density at radius 2 is 1.88 bits per heavy atom. The summed E-state index contributed by atoms with van der Waals surface area (Å²) in [5, 5.41) is 17.4. The lowest BCUT2D eigenvalue weighted by atomic mass is 10.1. The van der Waals surface area contributed by atoms with Gasteiger partial charge in [-0.05, 0) is 39.7 Å². The van der Waals surface area contributed by atoms with Crippen LogP contribution >= 0.6 is 15.9 Å². The summed E-state index contributed by atoms with van der Waals surface area (Å²) < 4.78 is 11.0. The highest BCUT2D eigenvalue weighted by Gasteiger charge is 2.09. The summed E-state index contributed by atoms with van der Waals surface area (Å²) in [5.41, 5.74) is 0.719. The Balaban J connectivity index is 3.32. The zero-order valence-corrected chi connectivity index (χ0v) is 10.9. The topological polar surface area (TPSA) is 66.0 Å². The van der Waals surface area contributed by atoms with Crippen LogP contribution in [0.25, 0.3) is 6.08 Å². The minimum Gasteiger partial charge on any atom is -0.493 e. The number of methoxy groups -OCH3 is 2. The first-order valence-corrected chi connectivity index (χ1v) is 5.39. The van der Waals surface area contributed by atoms with E-state index in [1.807, 2.05) is 0 Å². The van der Waals surface area contributed by atoms with Crippen LogP contribution in [0.15, 0.2) is 22.2 Å². The lowest BCUT2D eigenvalue weighted by molar-refractivity contribution is 0.353. The Bertz CT molecular complexity index is 523. The van der Waals surface area contributed by atoms with E-state index < -0.39 is 0 Å². The molecule has 17 heavy (non-hydrogen) atoms. The number of allylic oxidation sites excluding steroid dienone is 1. The number of halogens is 1. The molecule has 5 heteroatoms. The van der Waals surface area contributed by atoms with Gasteiger partial charge in [0, 0.05) is 0 Å². The van der Waals surface area contributed by atoms with E-state index in [-0.39, 0.29) is 5.57 Å². The highest BCUT2D eigenvalue weighted by Crippen LogP contribution is 2.36. The number of nitriles is 2. The zero-order chi connectivity index (χ0) is 12.8. The maximum atomic E-state index is 8.68. The Morgan fingerprint density at radius 1 is 1.24 bits per heavy atom. The molecule has 86 valence electrons. The fourth-order valence-corrected chi connectivity index (χ4v) is 1.90. The molecule has 1 aromatic rings. The van der Waals surface area contributed by atoms with Gasteiger partial charge >= 0.3 is 0 Å². The van der Waals surface area contributed by atoms with Crippen molar-refractivity contribution in [2.75, 3.05) is 14.2 Å². The fourth-order valence-electron chi connectivity index (χ4n) is 1.28. The number of hydrogen-bond donors (Lipinski definition) is 0. The van der Waals surface area contributed by atoms with Gasteiger partial charge in [-0.2, -0.15) is 10.5 Å². The Hall–Kier alpha value is -1.98. The lowest BCUT2D eigenvalue weighted by Gasteiger charge is -2.10. The molecule has 0 aliphatic heterocycles. The van der Waals surface area contributed by atoms with Gasteiger partial charge in [-0.25, -0.2) is 0 Å². The third-order valence-electron chi connectivity index (χ3n) is 2.01. The number of hydrogen-bond acceptors (Lipinski definition) is 4. The molecule has 0 spiro atoms. The summed E-state index contributed by atoms with van der Waals surface area (Å²) >= 11 is 3.33. The maximum Gasteiger partial charge on any atom is 0.174 e. The van der Waals surface area contributed by atoms with Crippen molar-refractivity contribution >= 4 is 22.0 Å². The summed E-state index contributed by atoms with van der Waals surface area (Å²) in [6, 6.07) is 7.04. The first-order chi connectivity index (χ1) is 8.15. The molecule has 0 N–H and O–H groups in total. The van der Waals surface area contributed by atoms with Gasteiger partial charge < -0.3 is 9.47 Å². The Kier molecular flexibility index (Phi) is 4.56. The van der Waals surface area contributed by atoms with Crippen LogP contribution in [0.3, 0.4) is 0 Å². The molecule has 0 aromatic heterocycles. The third-order valence-corrected chi connectivity index (χ3v) is 2.60. The fraction of sp³-hybridized carbons (Fsp3) is 0.167. The van der Waals surface area contributed by atoms with E-state index in [2.05, 4.69) is 15.9 Å². The van der Waals surface area contributed by atoms with Gasteiger partial charge in [0.2, 0.25) is 0 Å². The molecular formula is C12H9BrN2O2. The molecule has 1 aromatic carbocycles. The normalized spacial score (nSPS) is 8.76. The Labute approximate surface area is 108 Å². The standard InChI is InChI=1S/C12H9BrN2O2/c1-16-11-5-8(3-9(6-14)7-15)4-10(13)12(11)17-2/h3-5H,1-2H3. The smallest absolute Gasteiger partial charge is 0.174 e. The van der Waals surface area contributed by atoms with Crippen molar-refractivity contribution in [3.05, 3.63) is 27.7 Å². The second-order valence-electron chi connectivity index (χ2n) is 3.02. The average Bonchev–Trinajstić information content (AvgIpc) is 2.35. The van der Waals surface area contributed by atoms with Gasteiger partial charge in [-0.1, -0.05) is 0 Å². The molecule has 4 nitrogen and oxygen atoms in total. The molecule has 0 fully saturated rings. The number of rotatable bonds is 3. The SMILES string of the molecule is COc1cc(C=C(C#N)C#N)cc(Br)c1OC. The highest BCUT2D eigenvalue weighted by atomic mass is 79.9. The number of ether oxygens (including phenoxy) is 2. The first kappa shape index (κ1) is 13.1. The lowest BCUT2D eigenvalue weighted by Crippen LogP contribution is -1.92. The third kappa shape index (κ3) is 2.99. The van der Waals surface area contributed by atoms with E-state index in [9.17, 15) is 0 Å². The number of nitrogens with zero attached hydrogens (tertiary/aromatic N) is 2. The molecule has 0 radical (unpaired) electrons. The minimum atomic E-state index is 0.0316. The van der Waals surface area contributed by atoms with Crippen molar-refractivity contribution in [3.63, 3.8) is 0 Å². The molecule has 1 rings (SSSR count). The van der Waals surface area contributed by atoms with E-state index in [1.165, 1.54) is 20.3 Å². The molecule has 0 bridgehead atoms. The monoisotopic (exact) mass is 292 g/mol. The van der Waals surface area contributed by atoms with Gasteiger partial charge in [-0.15, -0.1) is 0 Å². The van der Waals surface area contributed by atoms with Crippen LogP contribution in [0.4, 0.5) is 0 Å². The summed E-state index contributed by atoms with van der Waals surface area (Å²) in [6.45, 7) is 0. The predicted octanol–water partition coefficient (Wildman–Crippen LogP) is 2.90. The van der Waals surface area contributed by atoms with Crippen molar-refractivity contribution in [3.8, 4) is 23.6 Å². The van der Waals surface area contributed by atoms with Crippen LogP contribution < -0.4 is 9.47 Å². The maximum absolute atomic E-state index is 8.68. The van der Waals surface area contributed by atoms with Crippen molar-refractivity contribution in [1.82, 2.24) is 0 Å². The molecule has 0 saturated heterocycles. The zero-order valence-electron chi connectivity index (χ0n) is 9.32. The highest BCUT2D eigenvalue weighted by molar-refractivity contribution is 9.10. The van der Waals surface area contributed by atoms with Crippen LogP contribution in [-0.2, 0) is 0 Å². The largest absolute Gasteiger partial charge is 0.493 e. The van der Waals surface area contributed by atoms with E-state index in [1.54, 1.807) is 24.3 Å². The van der Waals surface area contributed by atoms with Gasteiger partial charge in [-0.3, -0.25) is 0 Å². The summed E-state index contributed by atoms with van der Waals surface area (Å²) in [7, 11) is 3.06. The molecule has 0 heterocycles. The van der Waals surface area contributed by atoms with E-state index in [0.717, 1.165) is 0 Å². The van der Waals surface area contributed by atoms with Gasteiger partial charge in [0.05, 0.1) is 18.7 Å². The van der Waals surface area contributed by atoms with Gasteiger partial charge in [0.15, 0.2) is 11.5 Å². The van der Waals surface area contributed by atoms with Gasteiger partial charge in [0.25, 0.3) is 0 Å². The van der Waals surface area contributed by atoms with Crippen molar-refractivity contribution in [2.45, 2.75) is 0 Å². The molecule has 0 unspecified atom stereocenters. The van der Waals surface area contributed by atoms with Crippen LogP contribution in [-0.4, -0.2) is 14.2 Å². The molecular weight excluding hydrogens is 284 g/mol. The van der Waals surface area contributed by atoms with Crippen molar-refractivity contribution in [1.29, 1.82) is 10.5 Å². The van der Waals surface area contributed by atoms with Crippen molar-refractivity contribution < 1.29 is 9.47 Å². The molecule has 0 aliphatic rings. The Morgan fingerprint density at radius 3 is 2.35 bits per heavy atom. The summed E-state index contributed by atoms with van der Waals surface area (Å²) in [4.78, 5) is 0. The molecule has 0 amide bonds. The molecule has 0 saturated carbocycles. The van der Waals surface area contributed by atoms with Crippen LogP contribution in [0.5, 0.6) is 11.5 Å². The molecule has 0 aliphatic carbocycles. The predicted molar refractivity (Wildman–Crippen MR) is 66.4 cm³/mol. The second kappa shape index (κ2) is 5.93. The second-order valence-corrected chi connectivity index (χ2v) is 3.87. The average molecular weight is 293 g/mol. The molecule has 0 atom stereocenters. The van der Waals surface area contributed by atoms with Crippen LogP contribution in [0.2, 0.25) is 0 Å². The van der Waals surface area contributed by atoms with E-state index in [0.29, 0.717) is 21.5 Å². The van der Waals surface area contributed by atoms with Crippen LogP contribution in [0, 0.1) is 22.7 Å². The van der Waals surface area contributed by atoms with E-state index in [4.69, 9.17) is 20.0 Å². The van der Waals surface area contributed by atoms with E-state index >= 15 is 0 Å². The summed E-state index contributed by atoms with van der Waals surface area (Å²) in [6.07, 6.45) is 1.48. The summed E-state index contributed by atoms with van der Waals surface area (Å²) in [5.74, 6) is 1.10. The quantitative estimate of drug-likeness (QED) is 0.804. The minimum absolute atomic E-state index is 0.0316. The van der Waals surface area contributed by atoms with Crippen molar-refractivity contribution in [2.24, 2.45) is 0 Å². The first-order valence-electron chi connectivity index (χ1n) is 4.59. The van der Waals surface area contributed by atoms with Gasteiger partial charge in [0.1, 0.15) is 17.7 Å². The van der Waals surface area contributed by atoms with Crippen LogP contribution in [0.1, 0.15) is 5.56 Å².